The van der Waals surface area contributed by atoms with Crippen LogP contribution in [0.15, 0.2) is 24.3 Å². The highest BCUT2D eigenvalue weighted by Gasteiger charge is 2.26. The second-order valence-electron chi connectivity index (χ2n) is 6.71. The van der Waals surface area contributed by atoms with Crippen molar-refractivity contribution in [2.75, 3.05) is 39.5 Å². The van der Waals surface area contributed by atoms with Crippen LogP contribution in [0.25, 0.3) is 0 Å². The molecule has 1 saturated heterocycles. The van der Waals surface area contributed by atoms with E-state index in [1.165, 1.54) is 0 Å². The van der Waals surface area contributed by atoms with Crippen LogP contribution in [-0.2, 0) is 16.1 Å². The van der Waals surface area contributed by atoms with Gasteiger partial charge in [-0.3, -0.25) is 4.79 Å². The lowest BCUT2D eigenvalue weighted by molar-refractivity contribution is -0.124. The molecule has 146 valence electrons. The number of nitrogens with zero attached hydrogens (tertiary/aromatic N) is 1. The summed E-state index contributed by atoms with van der Waals surface area (Å²) in [6.07, 6.45) is 1.71. The van der Waals surface area contributed by atoms with E-state index in [0.29, 0.717) is 26.4 Å². The van der Waals surface area contributed by atoms with E-state index in [-0.39, 0.29) is 11.8 Å². The van der Waals surface area contributed by atoms with E-state index >= 15 is 0 Å². The number of benzene rings is 1. The Hall–Kier alpha value is -1.63. The molecule has 6 nitrogen and oxygen atoms in total. The molecule has 0 saturated carbocycles. The normalized spacial score (nSPS) is 16.5. The van der Waals surface area contributed by atoms with Crippen molar-refractivity contribution in [2.45, 2.75) is 39.3 Å². The number of hydrogen-bond acceptors (Lipinski definition) is 5. The van der Waals surface area contributed by atoms with Crippen LogP contribution in [0.4, 0.5) is 0 Å². The van der Waals surface area contributed by atoms with Crippen molar-refractivity contribution < 1.29 is 14.3 Å². The molecule has 6 heteroatoms. The monoisotopic (exact) mass is 363 g/mol. The number of nitrogens with two attached hydrogens (primary N) is 1. The van der Waals surface area contributed by atoms with E-state index in [9.17, 15) is 4.79 Å². The molecule has 1 unspecified atom stereocenters. The molecule has 0 radical (unpaired) electrons. The second kappa shape index (κ2) is 11.2. The highest BCUT2D eigenvalue weighted by Crippen LogP contribution is 2.18. The first-order valence-electron chi connectivity index (χ1n) is 9.69. The van der Waals surface area contributed by atoms with Gasteiger partial charge >= 0.3 is 0 Å². The first kappa shape index (κ1) is 20.7. The van der Waals surface area contributed by atoms with Crippen LogP contribution in [-0.4, -0.2) is 56.3 Å². The van der Waals surface area contributed by atoms with Crippen LogP contribution in [0, 0.1) is 5.92 Å². The van der Waals surface area contributed by atoms with Gasteiger partial charge in [-0.2, -0.15) is 0 Å². The van der Waals surface area contributed by atoms with Gasteiger partial charge in [-0.1, -0.05) is 26.0 Å². The van der Waals surface area contributed by atoms with Crippen molar-refractivity contribution in [1.29, 1.82) is 0 Å². The lowest BCUT2D eigenvalue weighted by atomic mass is 9.92. The highest BCUT2D eigenvalue weighted by atomic mass is 16.5. The number of rotatable bonds is 10. The number of nitrogens with one attached hydrogen (secondary N) is 1. The second-order valence-corrected chi connectivity index (χ2v) is 6.71. The van der Waals surface area contributed by atoms with Crippen LogP contribution in [0.2, 0.25) is 0 Å². The predicted octanol–water partition coefficient (Wildman–Crippen LogP) is 1.78. The van der Waals surface area contributed by atoms with Crippen molar-refractivity contribution >= 4 is 5.91 Å². The van der Waals surface area contributed by atoms with E-state index in [4.69, 9.17) is 15.2 Å². The predicted molar refractivity (Wildman–Crippen MR) is 103 cm³/mol. The van der Waals surface area contributed by atoms with E-state index in [2.05, 4.69) is 24.1 Å². The minimum atomic E-state index is -0.457. The summed E-state index contributed by atoms with van der Waals surface area (Å²) in [7, 11) is 0. The molecular formula is C20H33N3O3. The molecule has 1 aromatic carbocycles. The Balaban J connectivity index is 1.71. The van der Waals surface area contributed by atoms with Crippen molar-refractivity contribution in [3.05, 3.63) is 29.8 Å². The minimum Gasteiger partial charge on any atom is -0.492 e. The Labute approximate surface area is 157 Å². The van der Waals surface area contributed by atoms with Gasteiger partial charge in [-0.15, -0.1) is 0 Å². The third-order valence-electron chi connectivity index (χ3n) is 5.04. The first-order chi connectivity index (χ1) is 12.6. The van der Waals surface area contributed by atoms with E-state index in [1.807, 2.05) is 24.3 Å². The molecule has 1 aromatic rings. The number of carbonyl (C=O) groups excluding carboxylic acids is 1. The zero-order valence-electron chi connectivity index (χ0n) is 16.1. The molecule has 0 aliphatic carbocycles. The van der Waals surface area contributed by atoms with Crippen molar-refractivity contribution in [3.8, 4) is 5.75 Å². The average molecular weight is 364 g/mol. The van der Waals surface area contributed by atoms with Gasteiger partial charge in [-0.25, -0.2) is 0 Å². The fraction of sp³-hybridized carbons (Fsp3) is 0.650. The van der Waals surface area contributed by atoms with E-state index < -0.39 is 6.04 Å². The Morgan fingerprint density at radius 3 is 2.54 bits per heavy atom. The number of amides is 1. The summed E-state index contributed by atoms with van der Waals surface area (Å²) in [4.78, 5) is 14.6. The van der Waals surface area contributed by atoms with Gasteiger partial charge in [-0.05, 0) is 49.5 Å². The highest BCUT2D eigenvalue weighted by molar-refractivity contribution is 5.81. The van der Waals surface area contributed by atoms with E-state index in [0.717, 1.165) is 43.8 Å². The van der Waals surface area contributed by atoms with Crippen molar-refractivity contribution in [1.82, 2.24) is 10.2 Å². The molecule has 1 aliphatic heterocycles. The number of likely N-dealkylation sites (N-methyl/N-ethyl adjacent to an activating group) is 1. The maximum Gasteiger partial charge on any atom is 0.237 e. The zero-order valence-corrected chi connectivity index (χ0v) is 16.1. The molecule has 1 atom stereocenters. The Morgan fingerprint density at radius 1 is 1.27 bits per heavy atom. The maximum atomic E-state index is 12.2. The molecular weight excluding hydrogens is 330 g/mol. The molecule has 26 heavy (non-hydrogen) atoms. The van der Waals surface area contributed by atoms with Gasteiger partial charge < -0.3 is 25.4 Å². The third kappa shape index (κ3) is 6.59. The topological polar surface area (TPSA) is 76.8 Å². The lowest BCUT2D eigenvalue weighted by Crippen LogP contribution is -2.46. The molecule has 2 rings (SSSR count). The van der Waals surface area contributed by atoms with Crippen LogP contribution in [0.3, 0.4) is 0 Å². The molecule has 1 fully saturated rings. The maximum absolute atomic E-state index is 12.2. The van der Waals surface area contributed by atoms with Crippen LogP contribution in [0.5, 0.6) is 5.75 Å². The summed E-state index contributed by atoms with van der Waals surface area (Å²) >= 11 is 0. The molecule has 1 aliphatic rings. The number of hydrogen-bond donors (Lipinski definition) is 2. The zero-order chi connectivity index (χ0) is 18.8. The SMILES string of the molecule is CCN(CC)CCOc1ccc(CNC(=O)C(N)C2CCOCC2)cc1. The molecule has 0 spiro atoms. The fourth-order valence-corrected chi connectivity index (χ4v) is 3.13. The summed E-state index contributed by atoms with van der Waals surface area (Å²) in [5, 5.41) is 2.94. The van der Waals surface area contributed by atoms with Crippen LogP contribution < -0.4 is 15.8 Å². The first-order valence-corrected chi connectivity index (χ1v) is 9.69. The van der Waals surface area contributed by atoms with Gasteiger partial charge in [0.25, 0.3) is 0 Å². The minimum absolute atomic E-state index is 0.0866. The van der Waals surface area contributed by atoms with Crippen molar-refractivity contribution in [2.24, 2.45) is 11.7 Å². The van der Waals surface area contributed by atoms with E-state index in [1.54, 1.807) is 0 Å². The Morgan fingerprint density at radius 2 is 1.92 bits per heavy atom. The largest absolute Gasteiger partial charge is 0.492 e. The standard InChI is InChI=1S/C20H33N3O3/c1-3-23(4-2)11-14-26-18-7-5-16(6-8-18)15-22-20(24)19(21)17-9-12-25-13-10-17/h5-8,17,19H,3-4,9-15,21H2,1-2H3,(H,22,24). The fourth-order valence-electron chi connectivity index (χ4n) is 3.13. The molecule has 3 N–H and O–H groups in total. The molecule has 0 bridgehead atoms. The Kier molecular flexibility index (Phi) is 8.88. The number of ether oxygens (including phenoxy) is 2. The van der Waals surface area contributed by atoms with Crippen LogP contribution >= 0.6 is 0 Å². The summed E-state index contributed by atoms with van der Waals surface area (Å²) in [6.45, 7) is 9.86. The van der Waals surface area contributed by atoms with Crippen LogP contribution in [0.1, 0.15) is 32.3 Å². The van der Waals surface area contributed by atoms with Gasteiger partial charge in [0, 0.05) is 26.3 Å². The summed E-state index contributed by atoms with van der Waals surface area (Å²) in [5.41, 5.74) is 7.13. The van der Waals surface area contributed by atoms with Crippen molar-refractivity contribution in [3.63, 3.8) is 0 Å². The van der Waals surface area contributed by atoms with Gasteiger partial charge in [0.15, 0.2) is 0 Å². The smallest absolute Gasteiger partial charge is 0.237 e. The molecule has 0 aromatic heterocycles. The quantitative estimate of drug-likeness (QED) is 0.663. The average Bonchev–Trinajstić information content (AvgIpc) is 2.70. The summed E-state index contributed by atoms with van der Waals surface area (Å²) < 4.78 is 11.1. The Bertz CT molecular complexity index is 526. The van der Waals surface area contributed by atoms with Gasteiger partial charge in [0.2, 0.25) is 5.91 Å². The molecule has 1 heterocycles. The third-order valence-corrected chi connectivity index (χ3v) is 5.04. The number of carbonyl (C=O) groups is 1. The molecule has 1 amide bonds. The summed E-state index contributed by atoms with van der Waals surface area (Å²) in [5.74, 6) is 0.980. The van der Waals surface area contributed by atoms with Gasteiger partial charge in [0.1, 0.15) is 12.4 Å². The summed E-state index contributed by atoms with van der Waals surface area (Å²) in [6, 6.07) is 7.39. The lowest BCUT2D eigenvalue weighted by Gasteiger charge is -2.26. The van der Waals surface area contributed by atoms with Gasteiger partial charge in [0.05, 0.1) is 6.04 Å².